The fourth-order valence-electron chi connectivity index (χ4n) is 2.98. The van der Waals surface area contributed by atoms with E-state index < -0.39 is 6.10 Å². The number of fused-ring (bicyclic) bond motifs is 2. The van der Waals surface area contributed by atoms with Crippen molar-refractivity contribution < 1.29 is 9.52 Å². The molecule has 0 fully saturated rings. The van der Waals surface area contributed by atoms with Gasteiger partial charge in [-0.2, -0.15) is 5.10 Å². The Hall–Kier alpha value is -2.24. The monoisotopic (exact) mass is 324 g/mol. The van der Waals surface area contributed by atoms with Gasteiger partial charge in [-0.05, 0) is 49.1 Å². The summed E-state index contributed by atoms with van der Waals surface area (Å²) in [4.78, 5) is 0. The van der Waals surface area contributed by atoms with E-state index in [1.54, 1.807) is 0 Å². The summed E-state index contributed by atoms with van der Waals surface area (Å²) in [6, 6.07) is 13.8. The Bertz CT molecular complexity index is 970. The van der Waals surface area contributed by atoms with Crippen molar-refractivity contribution in [2.24, 2.45) is 0 Å². The Balaban J connectivity index is 1.66. The lowest BCUT2D eigenvalue weighted by atomic mass is 10.0. The summed E-state index contributed by atoms with van der Waals surface area (Å²) in [7, 11) is 0. The molecule has 0 amide bonds. The van der Waals surface area contributed by atoms with Crippen molar-refractivity contribution in [3.63, 3.8) is 0 Å². The molecule has 4 nitrogen and oxygen atoms in total. The molecule has 116 valence electrons. The van der Waals surface area contributed by atoms with Crippen LogP contribution in [0.5, 0.6) is 0 Å². The van der Waals surface area contributed by atoms with Gasteiger partial charge in [0.25, 0.3) is 0 Å². The van der Waals surface area contributed by atoms with E-state index in [0.29, 0.717) is 12.2 Å². The highest BCUT2D eigenvalue weighted by Gasteiger charge is 2.15. The lowest BCUT2D eigenvalue weighted by Crippen LogP contribution is -2.00. The Morgan fingerprint density at radius 3 is 2.87 bits per heavy atom. The van der Waals surface area contributed by atoms with Gasteiger partial charge in [-0.15, -0.1) is 0 Å². The number of aryl methyl sites for hydroxylation is 1. The minimum atomic E-state index is -0.676. The maximum absolute atomic E-state index is 10.5. The van der Waals surface area contributed by atoms with Gasteiger partial charge in [0.2, 0.25) is 0 Å². The molecule has 0 aliphatic heterocycles. The fraction of sp³-hybridized carbons (Fsp3) is 0.167. The summed E-state index contributed by atoms with van der Waals surface area (Å²) in [5.74, 6) is 0.592. The third kappa shape index (κ3) is 2.62. The van der Waals surface area contributed by atoms with Gasteiger partial charge in [0, 0.05) is 23.4 Å². The van der Waals surface area contributed by atoms with E-state index in [1.165, 1.54) is 4.09 Å². The first-order valence-corrected chi connectivity index (χ1v) is 7.85. The van der Waals surface area contributed by atoms with Crippen molar-refractivity contribution in [3.8, 4) is 0 Å². The van der Waals surface area contributed by atoms with Crippen molar-refractivity contribution >= 4 is 34.7 Å². The number of aliphatic hydroxyl groups is 1. The third-order valence-electron chi connectivity index (χ3n) is 4.05. The van der Waals surface area contributed by atoms with Crippen LogP contribution in [0, 0.1) is 6.92 Å². The Morgan fingerprint density at radius 1 is 1.22 bits per heavy atom. The number of nitrogens with zero attached hydrogens (tertiary/aromatic N) is 2. The Kier molecular flexibility index (Phi) is 3.39. The van der Waals surface area contributed by atoms with E-state index in [-0.39, 0.29) is 0 Å². The van der Waals surface area contributed by atoms with Gasteiger partial charge in [0.1, 0.15) is 17.4 Å². The van der Waals surface area contributed by atoms with Crippen molar-refractivity contribution in [2.75, 3.05) is 0 Å². The van der Waals surface area contributed by atoms with Crippen LogP contribution < -0.4 is 0 Å². The van der Waals surface area contributed by atoms with Gasteiger partial charge in [0.05, 0.1) is 5.52 Å². The number of furan rings is 1. The molecule has 0 saturated carbocycles. The summed E-state index contributed by atoms with van der Waals surface area (Å²) < 4.78 is 7.26. The van der Waals surface area contributed by atoms with Crippen LogP contribution in [0.25, 0.3) is 21.9 Å². The van der Waals surface area contributed by atoms with E-state index >= 15 is 0 Å². The molecule has 23 heavy (non-hydrogen) atoms. The van der Waals surface area contributed by atoms with E-state index in [9.17, 15) is 5.11 Å². The molecule has 2 aromatic carbocycles. The number of rotatable bonds is 3. The van der Waals surface area contributed by atoms with Crippen LogP contribution in [0.1, 0.15) is 23.0 Å². The number of para-hydroxylation sites is 1. The Labute approximate surface area is 138 Å². The lowest BCUT2D eigenvalue weighted by Gasteiger charge is -2.09. The summed E-state index contributed by atoms with van der Waals surface area (Å²) >= 11 is 4.22. The number of hydrogen-bond acceptors (Lipinski definition) is 4. The van der Waals surface area contributed by atoms with Gasteiger partial charge in [-0.1, -0.05) is 24.3 Å². The van der Waals surface area contributed by atoms with Gasteiger partial charge >= 0.3 is 0 Å². The summed E-state index contributed by atoms with van der Waals surface area (Å²) in [6.45, 7) is 2.01. The van der Waals surface area contributed by atoms with E-state index in [0.717, 1.165) is 33.0 Å². The van der Waals surface area contributed by atoms with Crippen LogP contribution in [-0.4, -0.2) is 14.3 Å². The lowest BCUT2D eigenvalue weighted by molar-refractivity contribution is 0.152. The average Bonchev–Trinajstić information content (AvgIpc) is 3.10. The molecular formula is C18H16N2O2S. The first kappa shape index (κ1) is 14.4. The quantitative estimate of drug-likeness (QED) is 0.559. The van der Waals surface area contributed by atoms with Crippen LogP contribution in [0.15, 0.2) is 53.1 Å². The molecule has 4 aromatic rings. The zero-order valence-corrected chi connectivity index (χ0v) is 13.5. The van der Waals surface area contributed by atoms with E-state index in [1.807, 2.05) is 49.5 Å². The minimum Gasteiger partial charge on any atom is -0.458 e. The molecular weight excluding hydrogens is 308 g/mol. The highest BCUT2D eigenvalue weighted by atomic mass is 32.1. The molecule has 0 aliphatic rings. The maximum Gasteiger partial charge on any atom is 0.134 e. The fourth-order valence-corrected chi connectivity index (χ4v) is 3.20. The van der Waals surface area contributed by atoms with Crippen molar-refractivity contribution in [1.29, 1.82) is 0 Å². The minimum absolute atomic E-state index is 0.494. The summed E-state index contributed by atoms with van der Waals surface area (Å²) in [6.07, 6.45) is 1.68. The molecule has 0 spiro atoms. The highest BCUT2D eigenvalue weighted by Crippen LogP contribution is 2.28. The second kappa shape index (κ2) is 5.44. The zero-order valence-electron chi connectivity index (χ0n) is 12.6. The average molecular weight is 324 g/mol. The molecule has 1 N–H and O–H groups in total. The van der Waals surface area contributed by atoms with Crippen LogP contribution in [-0.2, 0) is 6.42 Å². The van der Waals surface area contributed by atoms with E-state index in [2.05, 4.69) is 24.0 Å². The summed E-state index contributed by atoms with van der Waals surface area (Å²) in [5, 5.41) is 16.9. The molecule has 1 atom stereocenters. The molecule has 0 saturated heterocycles. The molecule has 2 heterocycles. The molecule has 0 radical (unpaired) electrons. The number of aromatic nitrogens is 2. The van der Waals surface area contributed by atoms with Crippen LogP contribution in [0.3, 0.4) is 0 Å². The standard InChI is InChI=1S/C18H16N2O2S/c1-11-6-12(7-14-10-20(23)19-18(11)14)8-15(21)17-9-13-4-2-3-5-16(13)22-17/h2-7,9-10,15,21,23H,8H2,1H3. The smallest absolute Gasteiger partial charge is 0.134 e. The topological polar surface area (TPSA) is 51.2 Å². The first-order chi connectivity index (χ1) is 11.1. The molecule has 5 heteroatoms. The first-order valence-electron chi connectivity index (χ1n) is 7.45. The van der Waals surface area contributed by atoms with Crippen LogP contribution >= 0.6 is 12.8 Å². The normalized spacial score (nSPS) is 13.0. The predicted octanol–water partition coefficient (Wildman–Crippen LogP) is 4.06. The Morgan fingerprint density at radius 2 is 2.04 bits per heavy atom. The molecule has 0 aliphatic carbocycles. The third-order valence-corrected chi connectivity index (χ3v) is 4.25. The molecule has 1 unspecified atom stereocenters. The predicted molar refractivity (Wildman–Crippen MR) is 93.7 cm³/mol. The van der Waals surface area contributed by atoms with Gasteiger partial charge in [-0.25, -0.2) is 4.09 Å². The maximum atomic E-state index is 10.5. The second-order valence-electron chi connectivity index (χ2n) is 5.81. The molecule has 4 rings (SSSR count). The van der Waals surface area contributed by atoms with Crippen molar-refractivity contribution in [2.45, 2.75) is 19.4 Å². The van der Waals surface area contributed by atoms with Crippen LogP contribution in [0.2, 0.25) is 0 Å². The summed E-state index contributed by atoms with van der Waals surface area (Å²) in [5.41, 5.74) is 3.85. The van der Waals surface area contributed by atoms with Crippen LogP contribution in [0.4, 0.5) is 0 Å². The number of benzene rings is 2. The number of hydrogen-bond donors (Lipinski definition) is 2. The van der Waals surface area contributed by atoms with Crippen molar-refractivity contribution in [3.05, 3.63) is 65.5 Å². The van der Waals surface area contributed by atoms with Gasteiger partial charge < -0.3 is 9.52 Å². The van der Waals surface area contributed by atoms with Crippen molar-refractivity contribution in [1.82, 2.24) is 9.19 Å². The largest absolute Gasteiger partial charge is 0.458 e. The second-order valence-corrected chi connectivity index (χ2v) is 6.22. The molecule has 2 aromatic heterocycles. The van der Waals surface area contributed by atoms with Gasteiger partial charge in [-0.3, -0.25) is 0 Å². The van der Waals surface area contributed by atoms with E-state index in [4.69, 9.17) is 4.42 Å². The molecule has 0 bridgehead atoms. The SMILES string of the molecule is Cc1cc(CC(O)c2cc3ccccc3o2)cc2cn(S)nc12. The number of thiol groups is 1. The number of aliphatic hydroxyl groups excluding tert-OH is 1. The zero-order chi connectivity index (χ0) is 16.0. The van der Waals surface area contributed by atoms with Gasteiger partial charge in [0.15, 0.2) is 0 Å². The highest BCUT2D eigenvalue weighted by molar-refractivity contribution is 7.78.